The van der Waals surface area contributed by atoms with E-state index in [1.807, 2.05) is 53.4 Å². The van der Waals surface area contributed by atoms with Gasteiger partial charge in [0, 0.05) is 43.7 Å². The molecule has 0 unspecified atom stereocenters. The molecule has 2 aliphatic heterocycles. The predicted molar refractivity (Wildman–Crippen MR) is 133 cm³/mol. The SMILES string of the molecule is CN1CCC(OC(=O)CC2CCN(C(=O)c3ccc(-c4ccc(C(=N)N)cc4)cc3)CC2)CC1. The topological polar surface area (TPSA) is 99.7 Å². The Bertz CT molecular complexity index is 1000. The molecular formula is C27H34N4O3. The molecule has 0 atom stereocenters. The van der Waals surface area contributed by atoms with Crippen molar-refractivity contribution in [3.63, 3.8) is 0 Å². The molecule has 0 aliphatic carbocycles. The number of carbonyl (C=O) groups is 2. The summed E-state index contributed by atoms with van der Waals surface area (Å²) < 4.78 is 5.69. The molecule has 2 aromatic rings. The number of nitrogen functional groups attached to an aromatic ring is 1. The monoisotopic (exact) mass is 462 g/mol. The number of esters is 1. The predicted octanol–water partition coefficient (Wildman–Crippen LogP) is 3.52. The lowest BCUT2D eigenvalue weighted by molar-refractivity contribution is -0.152. The second-order valence-corrected chi connectivity index (χ2v) is 9.50. The Kier molecular flexibility index (Phi) is 7.63. The van der Waals surface area contributed by atoms with Crippen LogP contribution in [0, 0.1) is 11.3 Å². The number of amidine groups is 1. The highest BCUT2D eigenvalue weighted by Crippen LogP contribution is 2.25. The van der Waals surface area contributed by atoms with Crippen LogP contribution in [-0.2, 0) is 9.53 Å². The molecule has 1 amide bonds. The lowest BCUT2D eigenvalue weighted by Gasteiger charge is -2.32. The van der Waals surface area contributed by atoms with Crippen LogP contribution >= 0.6 is 0 Å². The molecule has 4 rings (SSSR count). The standard InChI is InChI=1S/C27H34N4O3/c1-30-14-12-24(13-15-30)34-25(32)18-19-10-16-31(17-11-19)27(33)23-8-4-21(5-9-23)20-2-6-22(7-3-20)26(28)29/h2-9,19,24H,10-18H2,1H3,(H3,28,29). The minimum absolute atomic E-state index is 0.0332. The number of amides is 1. The zero-order valence-corrected chi connectivity index (χ0v) is 19.8. The first kappa shape index (κ1) is 24.0. The van der Waals surface area contributed by atoms with Crippen molar-refractivity contribution in [1.82, 2.24) is 9.80 Å². The number of hydrogen-bond donors (Lipinski definition) is 2. The summed E-state index contributed by atoms with van der Waals surface area (Å²) >= 11 is 0. The van der Waals surface area contributed by atoms with Gasteiger partial charge in [-0.25, -0.2) is 0 Å². The Morgan fingerprint density at radius 1 is 0.882 bits per heavy atom. The van der Waals surface area contributed by atoms with E-state index in [1.165, 1.54) is 0 Å². The van der Waals surface area contributed by atoms with Crippen LogP contribution in [0.25, 0.3) is 11.1 Å². The van der Waals surface area contributed by atoms with Crippen molar-refractivity contribution in [3.05, 3.63) is 59.7 Å². The molecule has 34 heavy (non-hydrogen) atoms. The summed E-state index contributed by atoms with van der Waals surface area (Å²) in [5.41, 5.74) is 8.90. The van der Waals surface area contributed by atoms with Crippen LogP contribution in [0.5, 0.6) is 0 Å². The number of piperidine rings is 2. The van der Waals surface area contributed by atoms with Gasteiger partial charge in [-0.05, 0) is 61.9 Å². The van der Waals surface area contributed by atoms with E-state index >= 15 is 0 Å². The van der Waals surface area contributed by atoms with Crippen molar-refractivity contribution in [2.75, 3.05) is 33.2 Å². The number of benzene rings is 2. The quantitative estimate of drug-likeness (QED) is 0.389. The molecule has 2 heterocycles. The van der Waals surface area contributed by atoms with Gasteiger partial charge in [-0.15, -0.1) is 0 Å². The molecule has 0 saturated carbocycles. The summed E-state index contributed by atoms with van der Waals surface area (Å²) in [7, 11) is 2.09. The molecule has 3 N–H and O–H groups in total. The van der Waals surface area contributed by atoms with Gasteiger partial charge in [-0.3, -0.25) is 15.0 Å². The number of ether oxygens (including phenoxy) is 1. The Morgan fingerprint density at radius 2 is 1.41 bits per heavy atom. The average molecular weight is 463 g/mol. The van der Waals surface area contributed by atoms with Crippen molar-refractivity contribution < 1.29 is 14.3 Å². The van der Waals surface area contributed by atoms with Crippen molar-refractivity contribution in [1.29, 1.82) is 5.41 Å². The van der Waals surface area contributed by atoms with E-state index in [9.17, 15) is 9.59 Å². The number of likely N-dealkylation sites (tertiary alicyclic amines) is 2. The third kappa shape index (κ3) is 6.03. The van der Waals surface area contributed by atoms with Gasteiger partial charge >= 0.3 is 5.97 Å². The number of nitrogens with two attached hydrogens (primary N) is 1. The van der Waals surface area contributed by atoms with E-state index in [1.54, 1.807) is 0 Å². The van der Waals surface area contributed by atoms with Crippen molar-refractivity contribution in [2.45, 2.75) is 38.2 Å². The van der Waals surface area contributed by atoms with Crippen molar-refractivity contribution in [2.24, 2.45) is 11.7 Å². The second-order valence-electron chi connectivity index (χ2n) is 9.50. The fraction of sp³-hybridized carbons (Fsp3) is 0.444. The van der Waals surface area contributed by atoms with E-state index in [-0.39, 0.29) is 29.7 Å². The Morgan fingerprint density at radius 3 is 1.94 bits per heavy atom. The van der Waals surface area contributed by atoms with Gasteiger partial charge in [0.2, 0.25) is 0 Å². The van der Waals surface area contributed by atoms with E-state index < -0.39 is 0 Å². The number of hydrogen-bond acceptors (Lipinski definition) is 5. The van der Waals surface area contributed by atoms with Crippen LogP contribution in [0.4, 0.5) is 0 Å². The lowest BCUT2D eigenvalue weighted by Crippen LogP contribution is -2.39. The average Bonchev–Trinajstić information content (AvgIpc) is 2.85. The van der Waals surface area contributed by atoms with E-state index in [0.717, 1.165) is 49.9 Å². The molecule has 0 aromatic heterocycles. The maximum atomic E-state index is 13.0. The van der Waals surface area contributed by atoms with Gasteiger partial charge in [-0.2, -0.15) is 0 Å². The van der Waals surface area contributed by atoms with Crippen LogP contribution in [0.3, 0.4) is 0 Å². The minimum atomic E-state index is -0.0914. The summed E-state index contributed by atoms with van der Waals surface area (Å²) in [5, 5.41) is 7.50. The second kappa shape index (κ2) is 10.8. The number of rotatable bonds is 6. The molecular weight excluding hydrogens is 428 g/mol. The summed E-state index contributed by atoms with van der Waals surface area (Å²) in [4.78, 5) is 29.5. The molecule has 0 radical (unpaired) electrons. The Balaban J connectivity index is 1.25. The number of nitrogens with one attached hydrogen (secondary N) is 1. The van der Waals surface area contributed by atoms with E-state index in [2.05, 4.69) is 11.9 Å². The minimum Gasteiger partial charge on any atom is -0.462 e. The third-order valence-corrected chi connectivity index (χ3v) is 6.98. The van der Waals surface area contributed by atoms with Crippen LogP contribution in [0.1, 0.15) is 48.0 Å². The van der Waals surface area contributed by atoms with Crippen molar-refractivity contribution >= 4 is 17.7 Å². The molecule has 7 nitrogen and oxygen atoms in total. The largest absolute Gasteiger partial charge is 0.462 e. The zero-order chi connectivity index (χ0) is 24.1. The first-order valence-corrected chi connectivity index (χ1v) is 12.1. The highest BCUT2D eigenvalue weighted by atomic mass is 16.5. The van der Waals surface area contributed by atoms with E-state index in [0.29, 0.717) is 30.6 Å². The zero-order valence-electron chi connectivity index (χ0n) is 19.8. The summed E-state index contributed by atoms with van der Waals surface area (Å²) in [6.07, 6.45) is 3.99. The highest BCUT2D eigenvalue weighted by Gasteiger charge is 2.27. The molecule has 2 aromatic carbocycles. The molecule has 7 heteroatoms. The fourth-order valence-electron chi connectivity index (χ4n) is 4.74. The summed E-state index contributed by atoms with van der Waals surface area (Å²) in [5.74, 6) is 0.269. The normalized spacial score (nSPS) is 18.0. The molecule has 2 saturated heterocycles. The highest BCUT2D eigenvalue weighted by molar-refractivity contribution is 5.96. The first-order valence-electron chi connectivity index (χ1n) is 12.1. The first-order chi connectivity index (χ1) is 16.4. The fourth-order valence-corrected chi connectivity index (χ4v) is 4.74. The third-order valence-electron chi connectivity index (χ3n) is 6.98. The Hall–Kier alpha value is -3.19. The molecule has 2 aliphatic rings. The smallest absolute Gasteiger partial charge is 0.306 e. The van der Waals surface area contributed by atoms with Crippen molar-refractivity contribution in [3.8, 4) is 11.1 Å². The maximum absolute atomic E-state index is 13.0. The van der Waals surface area contributed by atoms with Crippen LogP contribution in [-0.4, -0.2) is 66.8 Å². The lowest BCUT2D eigenvalue weighted by atomic mass is 9.93. The van der Waals surface area contributed by atoms with Gasteiger partial charge < -0.3 is 20.3 Å². The molecule has 180 valence electrons. The maximum Gasteiger partial charge on any atom is 0.306 e. The molecule has 2 fully saturated rings. The van der Waals surface area contributed by atoms with Crippen LogP contribution in [0.2, 0.25) is 0 Å². The van der Waals surface area contributed by atoms with Crippen LogP contribution in [0.15, 0.2) is 48.5 Å². The summed E-state index contributed by atoms with van der Waals surface area (Å²) in [6.45, 7) is 3.29. The Labute approximate surface area is 201 Å². The summed E-state index contributed by atoms with van der Waals surface area (Å²) in [6, 6.07) is 15.1. The number of nitrogens with zero attached hydrogens (tertiary/aromatic N) is 2. The molecule has 0 bridgehead atoms. The molecule has 0 spiro atoms. The van der Waals surface area contributed by atoms with Gasteiger partial charge in [0.15, 0.2) is 0 Å². The number of carbonyl (C=O) groups excluding carboxylic acids is 2. The van der Waals surface area contributed by atoms with Gasteiger partial charge in [0.25, 0.3) is 5.91 Å². The van der Waals surface area contributed by atoms with Gasteiger partial charge in [-0.1, -0.05) is 36.4 Å². The van der Waals surface area contributed by atoms with Crippen LogP contribution < -0.4 is 5.73 Å². The van der Waals surface area contributed by atoms with Gasteiger partial charge in [0.1, 0.15) is 11.9 Å². The van der Waals surface area contributed by atoms with Gasteiger partial charge in [0.05, 0.1) is 0 Å². The van der Waals surface area contributed by atoms with E-state index in [4.69, 9.17) is 15.9 Å².